The molecule has 220 valence electrons. The van der Waals surface area contributed by atoms with Crippen LogP contribution >= 0.6 is 0 Å². The minimum atomic E-state index is -0.858. The highest BCUT2D eigenvalue weighted by molar-refractivity contribution is 6.11. The van der Waals surface area contributed by atoms with Crippen molar-refractivity contribution in [1.29, 1.82) is 0 Å². The third-order valence-electron chi connectivity index (χ3n) is 7.10. The van der Waals surface area contributed by atoms with E-state index < -0.39 is 29.0 Å². The summed E-state index contributed by atoms with van der Waals surface area (Å²) in [4.78, 5) is 38.5. The van der Waals surface area contributed by atoms with Crippen LogP contribution in [-0.2, 0) is 0 Å². The van der Waals surface area contributed by atoms with E-state index in [2.05, 4.69) is 54.4 Å². The first-order chi connectivity index (χ1) is 20.7. The number of benzene rings is 2. The lowest BCUT2D eigenvalue weighted by atomic mass is 10.0. The van der Waals surface area contributed by atoms with Gasteiger partial charge < -0.3 is 20.4 Å². The number of halogens is 2. The molecule has 4 aromatic rings. The largest absolute Gasteiger partial charge is 0.354 e. The molecule has 0 bridgehead atoms. The van der Waals surface area contributed by atoms with Crippen LogP contribution in [0.3, 0.4) is 0 Å². The molecule has 3 heterocycles. The SMILES string of the molecule is C=N/C=C(\C=C(/C)c1ccc2[nH]nc(C(=O)Nc3ccc(N4CCN(C)CC4)nc3)c2c1)NC(=O)c1cc(F)ccc1F. The number of pyridine rings is 1. The average Bonchev–Trinajstić information content (AvgIpc) is 3.43. The number of aliphatic imine (C=N–C) groups is 1. The Morgan fingerprint density at radius 2 is 1.84 bits per heavy atom. The molecule has 1 fully saturated rings. The molecule has 5 rings (SSSR count). The summed E-state index contributed by atoms with van der Waals surface area (Å²) in [5.74, 6) is -1.98. The van der Waals surface area contributed by atoms with Gasteiger partial charge in [-0.25, -0.2) is 13.8 Å². The number of carbonyl (C=O) groups excluding carboxylic acids is 2. The van der Waals surface area contributed by atoms with Crippen molar-refractivity contribution in [3.05, 3.63) is 101 Å². The van der Waals surface area contributed by atoms with Crippen LogP contribution in [-0.4, -0.2) is 71.8 Å². The van der Waals surface area contributed by atoms with Gasteiger partial charge in [-0.2, -0.15) is 5.10 Å². The van der Waals surface area contributed by atoms with E-state index in [1.807, 2.05) is 18.2 Å². The first-order valence-electron chi connectivity index (χ1n) is 13.5. The third-order valence-corrected chi connectivity index (χ3v) is 7.10. The average molecular weight is 585 g/mol. The molecule has 0 unspecified atom stereocenters. The molecule has 0 radical (unpaired) electrons. The summed E-state index contributed by atoms with van der Waals surface area (Å²) in [6.07, 6.45) is 4.53. The Bertz CT molecular complexity index is 1740. The van der Waals surface area contributed by atoms with Crippen molar-refractivity contribution in [3.63, 3.8) is 0 Å². The standard InChI is InChI=1S/C31H30F2N8O2/c1-19(14-23(17-34-2)37-30(42)24-16-21(32)5-7-26(24)33)20-4-8-27-25(15-20)29(39-38-27)31(43)36-22-6-9-28(35-18-22)41-12-10-40(3)11-13-41/h4-9,14-18H,2,10-13H2,1,3H3,(H,36,43)(H,37,42)(H,38,39)/b19-14+,23-17+. The van der Waals surface area contributed by atoms with Crippen molar-refractivity contribution >= 4 is 46.5 Å². The molecular formula is C31H30F2N8O2. The van der Waals surface area contributed by atoms with Crippen molar-refractivity contribution in [2.24, 2.45) is 4.99 Å². The number of rotatable bonds is 8. The summed E-state index contributed by atoms with van der Waals surface area (Å²) in [6, 6.07) is 11.7. The molecule has 0 aliphatic carbocycles. The van der Waals surface area contributed by atoms with E-state index in [4.69, 9.17) is 0 Å². The van der Waals surface area contributed by atoms with E-state index in [1.54, 1.807) is 31.3 Å². The highest BCUT2D eigenvalue weighted by Gasteiger charge is 2.18. The summed E-state index contributed by atoms with van der Waals surface area (Å²) in [7, 11) is 2.09. The molecule has 12 heteroatoms. The topological polar surface area (TPSA) is 119 Å². The normalized spacial score (nSPS) is 14.6. The van der Waals surface area contributed by atoms with Crippen LogP contribution in [0, 0.1) is 11.6 Å². The number of likely N-dealkylation sites (N-methyl/N-ethyl adjacent to an activating group) is 1. The Labute approximate surface area is 246 Å². The number of allylic oxidation sites excluding steroid dienone is 2. The molecule has 1 aliphatic heterocycles. The number of hydrogen-bond donors (Lipinski definition) is 3. The van der Waals surface area contributed by atoms with Gasteiger partial charge in [0.05, 0.1) is 28.7 Å². The number of aromatic nitrogens is 3. The summed E-state index contributed by atoms with van der Waals surface area (Å²) in [6.45, 7) is 8.93. The van der Waals surface area contributed by atoms with Crippen LogP contribution in [0.1, 0.15) is 33.3 Å². The van der Waals surface area contributed by atoms with Gasteiger partial charge in [0.25, 0.3) is 11.8 Å². The van der Waals surface area contributed by atoms with Gasteiger partial charge in [-0.15, -0.1) is 0 Å². The molecule has 1 aliphatic rings. The minimum absolute atomic E-state index is 0.200. The fourth-order valence-corrected chi connectivity index (χ4v) is 4.70. The van der Waals surface area contributed by atoms with E-state index in [0.29, 0.717) is 22.2 Å². The van der Waals surface area contributed by atoms with Crippen molar-refractivity contribution in [2.45, 2.75) is 6.92 Å². The van der Waals surface area contributed by atoms with Crippen molar-refractivity contribution in [3.8, 4) is 0 Å². The van der Waals surface area contributed by atoms with Crippen molar-refractivity contribution in [1.82, 2.24) is 25.4 Å². The monoisotopic (exact) mass is 584 g/mol. The number of nitrogens with zero attached hydrogens (tertiary/aromatic N) is 5. The third kappa shape index (κ3) is 6.81. The molecule has 0 saturated carbocycles. The number of nitrogens with one attached hydrogen (secondary N) is 3. The van der Waals surface area contributed by atoms with E-state index >= 15 is 0 Å². The lowest BCUT2D eigenvalue weighted by Gasteiger charge is -2.33. The van der Waals surface area contributed by atoms with Crippen molar-refractivity contribution in [2.75, 3.05) is 43.4 Å². The first-order valence-corrected chi connectivity index (χ1v) is 13.5. The maximum Gasteiger partial charge on any atom is 0.276 e. The second-order valence-corrected chi connectivity index (χ2v) is 10.2. The molecule has 0 atom stereocenters. The number of amides is 2. The number of hydrogen-bond acceptors (Lipinski definition) is 7. The Balaban J connectivity index is 1.32. The van der Waals surface area contributed by atoms with E-state index in [-0.39, 0.29) is 11.4 Å². The van der Waals surface area contributed by atoms with Gasteiger partial charge in [0.2, 0.25) is 0 Å². The molecule has 0 spiro atoms. The zero-order valence-corrected chi connectivity index (χ0v) is 23.7. The van der Waals surface area contributed by atoms with Gasteiger partial charge >= 0.3 is 0 Å². The minimum Gasteiger partial charge on any atom is -0.354 e. The van der Waals surface area contributed by atoms with E-state index in [9.17, 15) is 18.4 Å². The van der Waals surface area contributed by atoms with Crippen LogP contribution < -0.4 is 15.5 Å². The lowest BCUT2D eigenvalue weighted by Crippen LogP contribution is -2.44. The molecule has 43 heavy (non-hydrogen) atoms. The summed E-state index contributed by atoms with van der Waals surface area (Å²) >= 11 is 0. The molecule has 1 saturated heterocycles. The Morgan fingerprint density at radius 3 is 2.56 bits per heavy atom. The zero-order valence-electron chi connectivity index (χ0n) is 23.7. The summed E-state index contributed by atoms with van der Waals surface area (Å²) < 4.78 is 27.7. The maximum atomic E-state index is 14.1. The fraction of sp³-hybridized carbons (Fsp3) is 0.194. The van der Waals surface area contributed by atoms with Gasteiger partial charge in [0.1, 0.15) is 17.5 Å². The number of aromatic amines is 1. The van der Waals surface area contributed by atoms with Crippen LogP contribution in [0.5, 0.6) is 0 Å². The Morgan fingerprint density at radius 1 is 1.05 bits per heavy atom. The van der Waals surface area contributed by atoms with Crippen LogP contribution in [0.25, 0.3) is 16.5 Å². The number of anilines is 2. The van der Waals surface area contributed by atoms with Crippen LogP contribution in [0.2, 0.25) is 0 Å². The molecule has 2 amide bonds. The Hall–Kier alpha value is -5.23. The first kappa shape index (κ1) is 29.3. The predicted octanol–water partition coefficient (Wildman–Crippen LogP) is 4.62. The van der Waals surface area contributed by atoms with Crippen LogP contribution in [0.4, 0.5) is 20.3 Å². The molecule has 2 aromatic carbocycles. The molecule has 3 N–H and O–H groups in total. The van der Waals surface area contributed by atoms with Gasteiger partial charge in [0, 0.05) is 37.8 Å². The maximum absolute atomic E-state index is 14.1. The summed E-state index contributed by atoms with van der Waals surface area (Å²) in [5, 5.41) is 13.1. The van der Waals surface area contributed by atoms with Gasteiger partial charge in [-0.3, -0.25) is 19.7 Å². The van der Waals surface area contributed by atoms with Gasteiger partial charge in [-0.05, 0) is 80.4 Å². The molecule has 2 aromatic heterocycles. The van der Waals surface area contributed by atoms with Crippen LogP contribution in [0.15, 0.2) is 77.7 Å². The number of fused-ring (bicyclic) bond motifs is 1. The Kier molecular flexibility index (Phi) is 8.67. The van der Waals surface area contributed by atoms with E-state index in [1.165, 1.54) is 6.20 Å². The highest BCUT2D eigenvalue weighted by Crippen LogP contribution is 2.24. The molecular weight excluding hydrogens is 554 g/mol. The number of piperazine rings is 1. The van der Waals surface area contributed by atoms with Gasteiger partial charge in [0.15, 0.2) is 5.69 Å². The highest BCUT2D eigenvalue weighted by atomic mass is 19.1. The second-order valence-electron chi connectivity index (χ2n) is 10.2. The summed E-state index contributed by atoms with van der Waals surface area (Å²) in [5.41, 5.74) is 2.58. The van der Waals surface area contributed by atoms with Crippen molar-refractivity contribution < 1.29 is 18.4 Å². The molecule has 10 nitrogen and oxygen atoms in total. The lowest BCUT2D eigenvalue weighted by molar-refractivity contribution is 0.0961. The number of H-pyrrole nitrogens is 1. The zero-order chi connectivity index (χ0) is 30.5. The fourth-order valence-electron chi connectivity index (χ4n) is 4.70. The smallest absolute Gasteiger partial charge is 0.276 e. The number of carbonyl (C=O) groups is 2. The second kappa shape index (κ2) is 12.7. The predicted molar refractivity (Wildman–Crippen MR) is 163 cm³/mol. The van der Waals surface area contributed by atoms with E-state index in [0.717, 1.165) is 55.8 Å². The van der Waals surface area contributed by atoms with Gasteiger partial charge in [-0.1, -0.05) is 6.07 Å². The quantitative estimate of drug-likeness (QED) is 0.206.